The van der Waals surface area contributed by atoms with Crippen LogP contribution in [-0.2, 0) is 15.9 Å². The minimum Gasteiger partial charge on any atom is -0.507 e. The molecule has 2 saturated heterocycles. The lowest BCUT2D eigenvalue weighted by Gasteiger charge is -2.47. The Bertz CT molecular complexity index is 1140. The summed E-state index contributed by atoms with van der Waals surface area (Å²) in [5.74, 6) is -2.16. The molecule has 0 aromatic heterocycles. The fraction of sp³-hybridized carbons (Fsp3) is 0.765. The number of nitrogens with zero attached hydrogens (tertiary/aromatic N) is 1. The first-order chi connectivity index (χ1) is 20.2. The van der Waals surface area contributed by atoms with Gasteiger partial charge < -0.3 is 35.1 Å². The number of aromatic carboxylic acids is 1. The third kappa shape index (κ3) is 7.05. The van der Waals surface area contributed by atoms with E-state index in [-0.39, 0.29) is 47.4 Å². The number of carboxylic acid groups (broad SMARTS) is 1. The number of oxime groups is 1. The van der Waals surface area contributed by atoms with Crippen LogP contribution in [0.1, 0.15) is 115 Å². The second-order valence-electron chi connectivity index (χ2n) is 13.4. The molecule has 1 aromatic carbocycles. The SMILES string of the molecule is CCC(C(=NO)C(C)C(O)C(C)CCc1ccc(C)c(O)c1C(=O)O)C1OC(CC)(C2CCC(O)(CC)C(C)O2)CC1C. The van der Waals surface area contributed by atoms with Crippen molar-refractivity contribution in [3.63, 3.8) is 0 Å². The van der Waals surface area contributed by atoms with Gasteiger partial charge in [0.1, 0.15) is 11.3 Å². The molecule has 0 spiro atoms. The van der Waals surface area contributed by atoms with Crippen LogP contribution < -0.4 is 0 Å². The summed E-state index contributed by atoms with van der Waals surface area (Å²) in [4.78, 5) is 11.8. The average molecular weight is 606 g/mol. The summed E-state index contributed by atoms with van der Waals surface area (Å²) in [6.07, 6.45) is 3.62. The van der Waals surface area contributed by atoms with Crippen molar-refractivity contribution < 1.29 is 39.9 Å². The number of carbonyl (C=O) groups is 1. The number of aliphatic hydroxyl groups excluding tert-OH is 1. The Morgan fingerprint density at radius 1 is 1.16 bits per heavy atom. The fourth-order valence-corrected chi connectivity index (χ4v) is 7.63. The number of aliphatic hydroxyl groups is 2. The molecular weight excluding hydrogens is 550 g/mol. The molecular formula is C34H55NO8. The highest BCUT2D eigenvalue weighted by molar-refractivity contribution is 5.93. The molecule has 9 nitrogen and oxygen atoms in total. The molecule has 3 rings (SSSR count). The van der Waals surface area contributed by atoms with Crippen LogP contribution in [0, 0.1) is 30.6 Å². The molecule has 244 valence electrons. The van der Waals surface area contributed by atoms with E-state index in [1.54, 1.807) is 19.1 Å². The highest BCUT2D eigenvalue weighted by Gasteiger charge is 2.55. The van der Waals surface area contributed by atoms with Gasteiger partial charge in [0.05, 0.1) is 41.3 Å². The summed E-state index contributed by atoms with van der Waals surface area (Å²) in [6.45, 7) is 15.7. The smallest absolute Gasteiger partial charge is 0.339 e. The van der Waals surface area contributed by atoms with Crippen LogP contribution in [0.25, 0.3) is 0 Å². The van der Waals surface area contributed by atoms with Crippen molar-refractivity contribution in [2.75, 3.05) is 0 Å². The quantitative estimate of drug-likeness (QED) is 0.103. The Balaban J connectivity index is 1.74. The minimum absolute atomic E-state index is 0.0964. The van der Waals surface area contributed by atoms with Gasteiger partial charge in [-0.15, -0.1) is 0 Å². The number of benzene rings is 1. The molecule has 43 heavy (non-hydrogen) atoms. The highest BCUT2D eigenvalue weighted by atomic mass is 16.6. The number of carboxylic acids is 1. The van der Waals surface area contributed by atoms with E-state index in [1.807, 2.05) is 34.6 Å². The van der Waals surface area contributed by atoms with Gasteiger partial charge in [0.25, 0.3) is 0 Å². The van der Waals surface area contributed by atoms with Gasteiger partial charge in [-0.2, -0.15) is 0 Å². The molecule has 9 heteroatoms. The van der Waals surface area contributed by atoms with Gasteiger partial charge in [0.2, 0.25) is 0 Å². The molecule has 2 aliphatic rings. The molecule has 5 N–H and O–H groups in total. The largest absolute Gasteiger partial charge is 0.507 e. The van der Waals surface area contributed by atoms with E-state index in [0.29, 0.717) is 55.4 Å². The van der Waals surface area contributed by atoms with E-state index in [0.717, 1.165) is 12.8 Å². The third-order valence-corrected chi connectivity index (χ3v) is 10.8. The van der Waals surface area contributed by atoms with Crippen LogP contribution in [0.15, 0.2) is 17.3 Å². The number of hydrogen-bond donors (Lipinski definition) is 5. The van der Waals surface area contributed by atoms with Gasteiger partial charge in [-0.1, -0.05) is 58.8 Å². The molecule has 10 atom stereocenters. The lowest BCUT2D eigenvalue weighted by Crippen LogP contribution is -2.55. The van der Waals surface area contributed by atoms with Gasteiger partial charge in [-0.25, -0.2) is 4.79 Å². The lowest BCUT2D eigenvalue weighted by molar-refractivity contribution is -0.228. The van der Waals surface area contributed by atoms with Crippen LogP contribution in [0.3, 0.4) is 0 Å². The van der Waals surface area contributed by atoms with E-state index in [9.17, 15) is 30.4 Å². The molecule has 0 bridgehead atoms. The van der Waals surface area contributed by atoms with Gasteiger partial charge in [-0.05, 0) is 88.2 Å². The summed E-state index contributed by atoms with van der Waals surface area (Å²) in [5.41, 5.74) is 0.0988. The molecule has 2 fully saturated rings. The van der Waals surface area contributed by atoms with Gasteiger partial charge in [-0.3, -0.25) is 0 Å². The van der Waals surface area contributed by atoms with Crippen molar-refractivity contribution in [3.05, 3.63) is 28.8 Å². The summed E-state index contributed by atoms with van der Waals surface area (Å²) < 4.78 is 13.4. The zero-order valence-corrected chi connectivity index (χ0v) is 27.3. The zero-order chi connectivity index (χ0) is 32.3. The van der Waals surface area contributed by atoms with E-state index in [1.165, 1.54) is 0 Å². The topological polar surface area (TPSA) is 149 Å². The van der Waals surface area contributed by atoms with Crippen molar-refractivity contribution in [3.8, 4) is 5.75 Å². The first-order valence-electron chi connectivity index (χ1n) is 16.2. The Hall–Kier alpha value is -2.20. The number of aromatic hydroxyl groups is 1. The predicted octanol–water partition coefficient (Wildman–Crippen LogP) is 6.10. The lowest BCUT2D eigenvalue weighted by atomic mass is 9.75. The van der Waals surface area contributed by atoms with E-state index in [4.69, 9.17) is 9.47 Å². The summed E-state index contributed by atoms with van der Waals surface area (Å²) >= 11 is 0. The molecule has 0 amide bonds. The summed E-state index contributed by atoms with van der Waals surface area (Å²) in [6, 6.07) is 3.42. The van der Waals surface area contributed by atoms with Crippen molar-refractivity contribution >= 4 is 11.7 Å². The molecule has 10 unspecified atom stereocenters. The normalized spacial score (nSPS) is 32.7. The number of hydrogen-bond acceptors (Lipinski definition) is 8. The third-order valence-electron chi connectivity index (χ3n) is 10.8. The van der Waals surface area contributed by atoms with Crippen LogP contribution in [0.4, 0.5) is 0 Å². The monoisotopic (exact) mass is 605 g/mol. The predicted molar refractivity (Wildman–Crippen MR) is 166 cm³/mol. The van der Waals surface area contributed by atoms with Gasteiger partial charge >= 0.3 is 5.97 Å². The molecule has 2 aliphatic heterocycles. The van der Waals surface area contributed by atoms with Crippen molar-refractivity contribution in [1.82, 2.24) is 0 Å². The van der Waals surface area contributed by atoms with E-state index in [2.05, 4.69) is 19.0 Å². The van der Waals surface area contributed by atoms with Crippen LogP contribution in [0.5, 0.6) is 5.75 Å². The number of aryl methyl sites for hydroxylation is 2. The standard InChI is InChI=1S/C34H55NO8/c1-9-25(31-21(6)18-34(11-3,43-31)26-16-17-33(40,10-2)23(8)42-26)28(35-41)22(7)29(36)19(4)12-14-24-15-13-20(5)30(37)27(24)32(38)39/h13,15,19,21-23,25-26,29,31,36-37,40-41H,9-12,14,16-18H2,1-8H3,(H,38,39). The molecule has 1 aromatic rings. The maximum Gasteiger partial charge on any atom is 0.339 e. The van der Waals surface area contributed by atoms with Gasteiger partial charge in [0, 0.05) is 11.8 Å². The van der Waals surface area contributed by atoms with E-state index < -0.39 is 29.2 Å². The van der Waals surface area contributed by atoms with Gasteiger partial charge in [0.15, 0.2) is 0 Å². The van der Waals surface area contributed by atoms with E-state index >= 15 is 0 Å². The first-order valence-corrected chi connectivity index (χ1v) is 16.2. The maximum absolute atomic E-state index is 11.8. The Labute approximate surface area is 257 Å². The van der Waals surface area contributed by atoms with Crippen molar-refractivity contribution in [1.29, 1.82) is 0 Å². The zero-order valence-electron chi connectivity index (χ0n) is 27.3. The second-order valence-corrected chi connectivity index (χ2v) is 13.4. The summed E-state index contributed by atoms with van der Waals surface area (Å²) in [5, 5.41) is 56.3. The van der Waals surface area contributed by atoms with Crippen LogP contribution in [-0.4, -0.2) is 72.9 Å². The van der Waals surface area contributed by atoms with Crippen LogP contribution >= 0.6 is 0 Å². The first kappa shape index (κ1) is 35.3. The number of rotatable bonds is 13. The number of ether oxygens (including phenoxy) is 2. The van der Waals surface area contributed by atoms with Crippen LogP contribution in [0.2, 0.25) is 0 Å². The average Bonchev–Trinajstić information content (AvgIpc) is 3.33. The highest BCUT2D eigenvalue weighted by Crippen LogP contribution is 2.48. The molecule has 0 saturated carbocycles. The Morgan fingerprint density at radius 2 is 1.84 bits per heavy atom. The molecule has 2 heterocycles. The Kier molecular flexibility index (Phi) is 11.7. The fourth-order valence-electron chi connectivity index (χ4n) is 7.63. The summed E-state index contributed by atoms with van der Waals surface area (Å²) in [7, 11) is 0. The number of phenols is 1. The maximum atomic E-state index is 11.8. The molecule has 0 radical (unpaired) electrons. The Morgan fingerprint density at radius 3 is 2.37 bits per heavy atom. The minimum atomic E-state index is -1.18. The second kappa shape index (κ2) is 14.3. The van der Waals surface area contributed by atoms with Crippen molar-refractivity contribution in [2.24, 2.45) is 28.8 Å². The van der Waals surface area contributed by atoms with Crippen molar-refractivity contribution in [2.45, 2.75) is 142 Å². The molecule has 0 aliphatic carbocycles.